The summed E-state index contributed by atoms with van der Waals surface area (Å²) in [6.07, 6.45) is 3.77. The number of hydrogen-bond donors (Lipinski definition) is 0. The van der Waals surface area contributed by atoms with Crippen LogP contribution in [0.15, 0.2) is 0 Å². The number of rotatable bonds is 7. The van der Waals surface area contributed by atoms with E-state index in [0.717, 1.165) is 19.3 Å². The van der Waals surface area contributed by atoms with E-state index in [4.69, 9.17) is 4.74 Å². The summed E-state index contributed by atoms with van der Waals surface area (Å²) in [5.41, 5.74) is 0. The molecule has 0 rings (SSSR count). The quantitative estimate of drug-likeness (QED) is 0.571. The summed E-state index contributed by atoms with van der Waals surface area (Å²) in [6.45, 7) is 6.18. The van der Waals surface area contributed by atoms with Gasteiger partial charge in [-0.3, -0.25) is 4.79 Å². The van der Waals surface area contributed by atoms with E-state index in [1.165, 1.54) is 0 Å². The molecular formula is C11H22O2. The summed E-state index contributed by atoms with van der Waals surface area (Å²) >= 11 is 0. The molecule has 0 aromatic carbocycles. The number of hydrogen-bond acceptors (Lipinski definition) is 2. The highest BCUT2D eigenvalue weighted by atomic mass is 16.5. The Morgan fingerprint density at radius 2 is 1.92 bits per heavy atom. The molecule has 0 amide bonds. The number of Topliss-reactive ketones (excluding diaryl/α,β-unsaturated/α-hetero) is 1. The summed E-state index contributed by atoms with van der Waals surface area (Å²) in [7, 11) is 1.61. The first-order valence-electron chi connectivity index (χ1n) is 5.19. The molecule has 1 unspecified atom stereocenters. The maximum atomic E-state index is 11.6. The molecule has 2 nitrogen and oxygen atoms in total. The molecule has 0 heterocycles. The summed E-state index contributed by atoms with van der Waals surface area (Å²) < 4.78 is 5.15. The van der Waals surface area contributed by atoms with Crippen LogP contribution in [-0.2, 0) is 9.53 Å². The second kappa shape index (κ2) is 7.07. The van der Waals surface area contributed by atoms with E-state index in [9.17, 15) is 4.79 Å². The lowest BCUT2D eigenvalue weighted by Crippen LogP contribution is -2.28. The Morgan fingerprint density at radius 3 is 2.31 bits per heavy atom. The smallest absolute Gasteiger partial charge is 0.161 e. The molecule has 78 valence electrons. The lowest BCUT2D eigenvalue weighted by Gasteiger charge is -2.17. The van der Waals surface area contributed by atoms with Gasteiger partial charge < -0.3 is 4.74 Å². The Hall–Kier alpha value is -0.370. The molecule has 0 aliphatic rings. The van der Waals surface area contributed by atoms with Crippen LogP contribution < -0.4 is 0 Å². The average molecular weight is 186 g/mol. The Kier molecular flexibility index (Phi) is 6.87. The highest BCUT2D eigenvalue weighted by molar-refractivity contribution is 5.83. The van der Waals surface area contributed by atoms with Crippen LogP contribution in [0.5, 0.6) is 0 Å². The van der Waals surface area contributed by atoms with Gasteiger partial charge in [-0.1, -0.05) is 33.6 Å². The number of carbonyl (C=O) groups is 1. The van der Waals surface area contributed by atoms with E-state index in [2.05, 4.69) is 6.92 Å². The van der Waals surface area contributed by atoms with Gasteiger partial charge in [0.1, 0.15) is 6.10 Å². The zero-order valence-electron chi connectivity index (χ0n) is 9.30. The second-order valence-corrected chi connectivity index (χ2v) is 3.82. The fourth-order valence-corrected chi connectivity index (χ4v) is 1.47. The van der Waals surface area contributed by atoms with Gasteiger partial charge in [-0.25, -0.2) is 0 Å². The van der Waals surface area contributed by atoms with Crippen LogP contribution in [0.2, 0.25) is 0 Å². The molecule has 0 aromatic rings. The van der Waals surface area contributed by atoms with E-state index < -0.39 is 0 Å². The van der Waals surface area contributed by atoms with Crippen molar-refractivity contribution in [2.75, 3.05) is 7.11 Å². The molecule has 0 bridgehead atoms. The van der Waals surface area contributed by atoms with Crippen molar-refractivity contribution in [3.8, 4) is 0 Å². The highest BCUT2D eigenvalue weighted by Crippen LogP contribution is 2.11. The van der Waals surface area contributed by atoms with Crippen LogP contribution in [0.25, 0.3) is 0 Å². The van der Waals surface area contributed by atoms with Crippen molar-refractivity contribution in [3.05, 3.63) is 0 Å². The molecule has 0 saturated carbocycles. The largest absolute Gasteiger partial charge is 0.373 e. The average Bonchev–Trinajstić information content (AvgIpc) is 2.05. The van der Waals surface area contributed by atoms with Crippen molar-refractivity contribution >= 4 is 5.78 Å². The Labute approximate surface area is 81.7 Å². The van der Waals surface area contributed by atoms with Gasteiger partial charge in [-0.15, -0.1) is 0 Å². The third-order valence-corrected chi connectivity index (χ3v) is 2.20. The molecule has 0 aliphatic heterocycles. The maximum Gasteiger partial charge on any atom is 0.161 e. The molecule has 0 radical (unpaired) electrons. The lowest BCUT2D eigenvalue weighted by molar-refractivity contribution is -0.131. The van der Waals surface area contributed by atoms with E-state index >= 15 is 0 Å². The SMILES string of the molecule is CCCCCC(=O)C(OC)C(C)C. The molecule has 2 heteroatoms. The molecule has 0 saturated heterocycles. The fourth-order valence-electron chi connectivity index (χ4n) is 1.47. The fraction of sp³-hybridized carbons (Fsp3) is 0.909. The van der Waals surface area contributed by atoms with Crippen LogP contribution in [-0.4, -0.2) is 19.0 Å². The van der Waals surface area contributed by atoms with Gasteiger partial charge in [0.05, 0.1) is 0 Å². The van der Waals surface area contributed by atoms with E-state index in [0.29, 0.717) is 12.3 Å². The van der Waals surface area contributed by atoms with Crippen molar-refractivity contribution in [1.29, 1.82) is 0 Å². The number of methoxy groups -OCH3 is 1. The third-order valence-electron chi connectivity index (χ3n) is 2.20. The van der Waals surface area contributed by atoms with Gasteiger partial charge in [0, 0.05) is 13.5 Å². The van der Waals surface area contributed by atoms with Gasteiger partial charge in [0.2, 0.25) is 0 Å². The van der Waals surface area contributed by atoms with Gasteiger partial charge in [-0.05, 0) is 12.3 Å². The summed E-state index contributed by atoms with van der Waals surface area (Å²) in [6, 6.07) is 0. The van der Waals surface area contributed by atoms with Crippen molar-refractivity contribution in [2.24, 2.45) is 5.92 Å². The Balaban J connectivity index is 3.78. The summed E-state index contributed by atoms with van der Waals surface area (Å²) in [5.74, 6) is 0.546. The number of unbranched alkanes of at least 4 members (excludes halogenated alkanes) is 2. The van der Waals surface area contributed by atoms with E-state index in [1.807, 2.05) is 13.8 Å². The summed E-state index contributed by atoms with van der Waals surface area (Å²) in [4.78, 5) is 11.6. The zero-order valence-corrected chi connectivity index (χ0v) is 9.30. The van der Waals surface area contributed by atoms with E-state index in [1.54, 1.807) is 7.11 Å². The van der Waals surface area contributed by atoms with Crippen LogP contribution in [0, 0.1) is 5.92 Å². The standard InChI is InChI=1S/C11H22O2/c1-5-6-7-8-10(12)11(13-4)9(2)3/h9,11H,5-8H2,1-4H3. The first kappa shape index (κ1) is 12.6. The number of carbonyl (C=O) groups excluding carboxylic acids is 1. The van der Waals surface area contributed by atoms with Gasteiger partial charge in [0.15, 0.2) is 5.78 Å². The first-order chi connectivity index (χ1) is 6.13. The molecule has 0 aromatic heterocycles. The van der Waals surface area contributed by atoms with Crippen molar-refractivity contribution in [2.45, 2.75) is 52.6 Å². The van der Waals surface area contributed by atoms with Crippen molar-refractivity contribution in [3.63, 3.8) is 0 Å². The monoisotopic (exact) mass is 186 g/mol. The van der Waals surface area contributed by atoms with Crippen LogP contribution in [0.3, 0.4) is 0 Å². The second-order valence-electron chi connectivity index (χ2n) is 3.82. The minimum atomic E-state index is -0.197. The molecule has 0 fully saturated rings. The van der Waals surface area contributed by atoms with Crippen LogP contribution in [0.4, 0.5) is 0 Å². The third kappa shape index (κ3) is 5.04. The minimum Gasteiger partial charge on any atom is -0.373 e. The molecule has 0 aliphatic carbocycles. The van der Waals surface area contributed by atoms with Crippen LogP contribution >= 0.6 is 0 Å². The van der Waals surface area contributed by atoms with E-state index in [-0.39, 0.29) is 11.9 Å². The minimum absolute atomic E-state index is 0.197. The van der Waals surface area contributed by atoms with Crippen molar-refractivity contribution in [1.82, 2.24) is 0 Å². The van der Waals surface area contributed by atoms with Gasteiger partial charge in [-0.2, -0.15) is 0 Å². The summed E-state index contributed by atoms with van der Waals surface area (Å²) in [5, 5.41) is 0. The molecular weight excluding hydrogens is 164 g/mol. The van der Waals surface area contributed by atoms with Gasteiger partial charge >= 0.3 is 0 Å². The first-order valence-corrected chi connectivity index (χ1v) is 5.19. The Bertz CT molecular complexity index is 141. The topological polar surface area (TPSA) is 26.3 Å². The van der Waals surface area contributed by atoms with Crippen molar-refractivity contribution < 1.29 is 9.53 Å². The number of ether oxygens (including phenoxy) is 1. The van der Waals surface area contributed by atoms with Crippen LogP contribution in [0.1, 0.15) is 46.5 Å². The maximum absolute atomic E-state index is 11.6. The van der Waals surface area contributed by atoms with Gasteiger partial charge in [0.25, 0.3) is 0 Å². The predicted octanol–water partition coefficient (Wildman–Crippen LogP) is 2.81. The zero-order chi connectivity index (χ0) is 10.3. The highest BCUT2D eigenvalue weighted by Gasteiger charge is 2.20. The number of ketones is 1. The Morgan fingerprint density at radius 1 is 1.31 bits per heavy atom. The molecule has 0 spiro atoms. The lowest BCUT2D eigenvalue weighted by atomic mass is 9.99. The predicted molar refractivity (Wildman–Crippen MR) is 54.8 cm³/mol. The molecule has 0 N–H and O–H groups in total. The molecule has 1 atom stereocenters. The molecule has 13 heavy (non-hydrogen) atoms. The normalized spacial score (nSPS) is 13.3.